The predicted molar refractivity (Wildman–Crippen MR) is 136 cm³/mol. The van der Waals surface area contributed by atoms with Gasteiger partial charge < -0.3 is 15.0 Å². The van der Waals surface area contributed by atoms with Gasteiger partial charge in [0, 0.05) is 12.2 Å². The SMILES string of the molecule is CCC1=C(C(=O)OC)[C@@H](c2cccc(C)c2)N2C(CC(=O)NCc3cccc(C(F)(F)F)c3)=CSC2=N1. The second-order valence-electron chi connectivity index (χ2n) is 8.67. The van der Waals surface area contributed by atoms with Crippen molar-refractivity contribution < 1.29 is 27.5 Å². The summed E-state index contributed by atoms with van der Waals surface area (Å²) in [6.07, 6.45) is -3.97. The van der Waals surface area contributed by atoms with Gasteiger partial charge in [0.05, 0.1) is 36.4 Å². The summed E-state index contributed by atoms with van der Waals surface area (Å²) in [5.41, 5.74) is 3.13. The van der Waals surface area contributed by atoms with E-state index in [-0.39, 0.29) is 18.9 Å². The van der Waals surface area contributed by atoms with E-state index in [9.17, 15) is 22.8 Å². The number of hydrogen-bond donors (Lipinski definition) is 1. The number of alkyl halides is 3. The van der Waals surface area contributed by atoms with Gasteiger partial charge in [-0.3, -0.25) is 4.79 Å². The molecule has 0 fully saturated rings. The molecule has 2 aliphatic heterocycles. The van der Waals surface area contributed by atoms with Crippen LogP contribution < -0.4 is 5.32 Å². The van der Waals surface area contributed by atoms with E-state index in [0.717, 1.165) is 23.3 Å². The number of rotatable bonds is 7. The second kappa shape index (κ2) is 10.8. The number of fused-ring (bicyclic) bond motifs is 1. The van der Waals surface area contributed by atoms with Gasteiger partial charge in [0.25, 0.3) is 0 Å². The van der Waals surface area contributed by atoms with Crippen molar-refractivity contribution in [3.63, 3.8) is 0 Å². The van der Waals surface area contributed by atoms with Crippen molar-refractivity contribution in [3.8, 4) is 0 Å². The number of nitrogens with one attached hydrogen (secondary N) is 1. The third kappa shape index (κ3) is 5.74. The van der Waals surface area contributed by atoms with Crippen molar-refractivity contribution in [1.29, 1.82) is 0 Å². The molecule has 0 spiro atoms. The zero-order valence-electron chi connectivity index (χ0n) is 20.6. The minimum Gasteiger partial charge on any atom is -0.466 e. The summed E-state index contributed by atoms with van der Waals surface area (Å²) >= 11 is 1.36. The van der Waals surface area contributed by atoms with Gasteiger partial charge in [-0.05, 0) is 42.0 Å². The van der Waals surface area contributed by atoms with Gasteiger partial charge in [0.2, 0.25) is 5.91 Å². The summed E-state index contributed by atoms with van der Waals surface area (Å²) in [5.74, 6) is -0.852. The average Bonchev–Trinajstić information content (AvgIpc) is 3.27. The summed E-state index contributed by atoms with van der Waals surface area (Å²) in [5, 5.41) is 5.17. The molecule has 0 aromatic heterocycles. The topological polar surface area (TPSA) is 71.0 Å². The van der Waals surface area contributed by atoms with Crippen LogP contribution in [0.4, 0.5) is 13.2 Å². The standard InChI is InChI=1S/C27H26F3N3O3S/c1-4-21-23(25(35)36-3)24(18-9-5-7-16(2)11-18)33-20(15-37-26(33)32-21)13-22(34)31-14-17-8-6-10-19(12-17)27(28,29)30/h5-12,15,24H,4,13-14H2,1-3H3,(H,31,34)/t24-/m1/s1. The normalized spacial score (nSPS) is 17.2. The molecule has 2 aromatic carbocycles. The molecule has 0 aliphatic carbocycles. The minimum atomic E-state index is -4.46. The first-order valence-corrected chi connectivity index (χ1v) is 12.5. The number of carbonyl (C=O) groups is 2. The number of aliphatic imine (C=N–C) groups is 1. The number of allylic oxidation sites excluding steroid dienone is 1. The van der Waals surface area contributed by atoms with E-state index in [2.05, 4.69) is 10.3 Å². The molecule has 37 heavy (non-hydrogen) atoms. The van der Waals surface area contributed by atoms with Gasteiger partial charge in [0.15, 0.2) is 5.17 Å². The van der Waals surface area contributed by atoms with Crippen molar-refractivity contribution in [2.75, 3.05) is 7.11 Å². The molecule has 0 saturated heterocycles. The molecule has 0 unspecified atom stereocenters. The molecule has 2 aliphatic rings. The molecule has 4 rings (SSSR count). The smallest absolute Gasteiger partial charge is 0.416 e. The zero-order valence-corrected chi connectivity index (χ0v) is 21.4. The number of halogens is 3. The van der Waals surface area contributed by atoms with Crippen LogP contribution in [0.25, 0.3) is 0 Å². The van der Waals surface area contributed by atoms with Gasteiger partial charge in [-0.15, -0.1) is 0 Å². The summed E-state index contributed by atoms with van der Waals surface area (Å²) in [7, 11) is 1.33. The molecule has 0 bridgehead atoms. The van der Waals surface area contributed by atoms with Crippen LogP contribution in [0.1, 0.15) is 48.1 Å². The molecule has 0 saturated carbocycles. The Morgan fingerprint density at radius 2 is 1.92 bits per heavy atom. The number of methoxy groups -OCH3 is 1. The highest BCUT2D eigenvalue weighted by atomic mass is 32.2. The third-order valence-electron chi connectivity index (χ3n) is 6.07. The maximum absolute atomic E-state index is 13.0. The number of esters is 1. The number of aryl methyl sites for hydroxylation is 1. The Labute approximate surface area is 217 Å². The Bertz CT molecular complexity index is 1320. The molecule has 1 amide bonds. The van der Waals surface area contributed by atoms with Crippen LogP contribution in [0.3, 0.4) is 0 Å². The Hall–Kier alpha value is -3.53. The first-order chi connectivity index (χ1) is 17.6. The molecule has 2 heterocycles. The number of carbonyl (C=O) groups excluding carboxylic acids is 2. The van der Waals surface area contributed by atoms with Gasteiger partial charge in [-0.2, -0.15) is 13.2 Å². The van der Waals surface area contributed by atoms with Crippen LogP contribution in [0.5, 0.6) is 0 Å². The quantitative estimate of drug-likeness (QED) is 0.455. The lowest BCUT2D eigenvalue weighted by Gasteiger charge is -2.36. The molecular weight excluding hydrogens is 503 g/mol. The van der Waals surface area contributed by atoms with Gasteiger partial charge in [-0.1, -0.05) is 60.6 Å². The van der Waals surface area contributed by atoms with E-state index in [4.69, 9.17) is 4.74 Å². The van der Waals surface area contributed by atoms with Crippen LogP contribution >= 0.6 is 11.8 Å². The molecular formula is C27H26F3N3O3S. The largest absolute Gasteiger partial charge is 0.466 e. The lowest BCUT2D eigenvalue weighted by atomic mass is 9.92. The zero-order chi connectivity index (χ0) is 26.7. The summed E-state index contributed by atoms with van der Waals surface area (Å²) in [4.78, 5) is 32.3. The number of nitrogens with zero attached hydrogens (tertiary/aromatic N) is 2. The van der Waals surface area contributed by atoms with Gasteiger partial charge in [-0.25, -0.2) is 9.79 Å². The van der Waals surface area contributed by atoms with E-state index >= 15 is 0 Å². The highest BCUT2D eigenvalue weighted by Crippen LogP contribution is 2.45. The fraction of sp³-hybridized carbons (Fsp3) is 0.296. The Balaban J connectivity index is 1.58. The van der Waals surface area contributed by atoms with Gasteiger partial charge in [0.1, 0.15) is 0 Å². The van der Waals surface area contributed by atoms with E-state index < -0.39 is 23.8 Å². The van der Waals surface area contributed by atoms with E-state index in [1.54, 1.807) is 0 Å². The number of thioether (sulfide) groups is 1. The predicted octanol–water partition coefficient (Wildman–Crippen LogP) is 5.86. The first-order valence-electron chi connectivity index (χ1n) is 11.7. The number of amides is 1. The van der Waals surface area contributed by atoms with E-state index in [1.807, 2.05) is 48.4 Å². The molecule has 1 N–H and O–H groups in total. The molecule has 6 nitrogen and oxygen atoms in total. The Kier molecular flexibility index (Phi) is 7.77. The summed E-state index contributed by atoms with van der Waals surface area (Å²) in [6.45, 7) is 3.83. The Morgan fingerprint density at radius 3 is 2.59 bits per heavy atom. The first kappa shape index (κ1) is 26.5. The van der Waals surface area contributed by atoms with Crippen LogP contribution in [0.2, 0.25) is 0 Å². The van der Waals surface area contributed by atoms with E-state index in [1.165, 1.54) is 31.0 Å². The molecule has 10 heteroatoms. The third-order valence-corrected chi connectivity index (χ3v) is 6.96. The highest BCUT2D eigenvalue weighted by Gasteiger charge is 2.41. The van der Waals surface area contributed by atoms with Crippen LogP contribution in [0.15, 0.2) is 75.9 Å². The lowest BCUT2D eigenvalue weighted by molar-refractivity contribution is -0.138. The summed E-state index contributed by atoms with van der Waals surface area (Å²) < 4.78 is 44.2. The number of benzene rings is 2. The number of hydrogen-bond acceptors (Lipinski definition) is 6. The maximum atomic E-state index is 13.0. The highest BCUT2D eigenvalue weighted by molar-refractivity contribution is 8.16. The molecule has 2 aromatic rings. The Morgan fingerprint density at radius 1 is 1.16 bits per heavy atom. The van der Waals surface area contributed by atoms with Crippen LogP contribution in [-0.4, -0.2) is 29.1 Å². The van der Waals surface area contributed by atoms with Crippen LogP contribution in [-0.2, 0) is 27.0 Å². The van der Waals surface area contributed by atoms with Crippen LogP contribution in [0, 0.1) is 6.92 Å². The van der Waals surface area contributed by atoms with Gasteiger partial charge >= 0.3 is 12.1 Å². The fourth-order valence-corrected chi connectivity index (χ4v) is 5.29. The average molecular weight is 530 g/mol. The molecule has 0 radical (unpaired) electrons. The molecule has 1 atom stereocenters. The van der Waals surface area contributed by atoms with E-state index in [0.29, 0.717) is 34.1 Å². The van der Waals surface area contributed by atoms with Crippen molar-refractivity contribution >= 4 is 28.8 Å². The monoisotopic (exact) mass is 529 g/mol. The lowest BCUT2D eigenvalue weighted by Crippen LogP contribution is -2.38. The van der Waals surface area contributed by atoms with Crippen molar-refractivity contribution in [2.24, 2.45) is 4.99 Å². The fourth-order valence-electron chi connectivity index (χ4n) is 4.35. The summed E-state index contributed by atoms with van der Waals surface area (Å²) in [6, 6.07) is 12.1. The minimum absolute atomic E-state index is 0.0385. The number of ether oxygens (including phenoxy) is 1. The second-order valence-corrected chi connectivity index (χ2v) is 9.50. The van der Waals surface area contributed by atoms with Crippen molar-refractivity contribution in [2.45, 2.75) is 45.5 Å². The van der Waals surface area contributed by atoms with Crippen molar-refractivity contribution in [3.05, 3.63) is 93.2 Å². The van der Waals surface area contributed by atoms with Crippen molar-refractivity contribution in [1.82, 2.24) is 10.2 Å². The number of amidine groups is 1. The molecule has 194 valence electrons. The maximum Gasteiger partial charge on any atom is 0.416 e.